The number of aromatic nitrogens is 2. The number of rotatable bonds is 3. The second-order valence-electron chi connectivity index (χ2n) is 6.56. The van der Waals surface area contributed by atoms with Crippen LogP contribution in [0.2, 0.25) is 0 Å². The Kier molecular flexibility index (Phi) is 4.31. The van der Waals surface area contributed by atoms with Gasteiger partial charge in [0, 0.05) is 24.2 Å². The molecular weight excluding hydrogens is 238 g/mol. The Morgan fingerprint density at radius 3 is 2.74 bits per heavy atom. The van der Waals surface area contributed by atoms with E-state index in [1.807, 2.05) is 0 Å². The molecule has 4 nitrogen and oxygen atoms in total. The Bertz CT molecular complexity index is 420. The van der Waals surface area contributed by atoms with Crippen molar-refractivity contribution in [3.05, 3.63) is 17.5 Å². The summed E-state index contributed by atoms with van der Waals surface area (Å²) in [5.41, 5.74) is 2.61. The lowest BCUT2D eigenvalue weighted by Crippen LogP contribution is -2.42. The number of ether oxygens (including phenoxy) is 1. The topological polar surface area (TPSA) is 30.3 Å². The molecule has 19 heavy (non-hydrogen) atoms. The molecule has 1 aliphatic heterocycles. The summed E-state index contributed by atoms with van der Waals surface area (Å²) in [6, 6.07) is 2.24. The molecule has 1 aliphatic rings. The van der Waals surface area contributed by atoms with Crippen LogP contribution in [-0.4, -0.2) is 47.5 Å². The zero-order valence-corrected chi connectivity index (χ0v) is 12.9. The first-order valence-corrected chi connectivity index (χ1v) is 7.27. The summed E-state index contributed by atoms with van der Waals surface area (Å²) >= 11 is 0. The SMILES string of the molecule is CCc1cc(C(C)(C)C)n(CC2CN(C)CCO2)n1. The molecule has 4 heteroatoms. The summed E-state index contributed by atoms with van der Waals surface area (Å²) in [5, 5.41) is 4.73. The van der Waals surface area contributed by atoms with E-state index in [1.54, 1.807) is 0 Å². The van der Waals surface area contributed by atoms with E-state index in [2.05, 4.69) is 50.4 Å². The molecule has 0 radical (unpaired) electrons. The van der Waals surface area contributed by atoms with E-state index < -0.39 is 0 Å². The van der Waals surface area contributed by atoms with E-state index in [0.717, 1.165) is 32.7 Å². The monoisotopic (exact) mass is 265 g/mol. The minimum Gasteiger partial charge on any atom is -0.374 e. The van der Waals surface area contributed by atoms with Gasteiger partial charge in [0.15, 0.2) is 0 Å². The van der Waals surface area contributed by atoms with Gasteiger partial charge < -0.3 is 9.64 Å². The summed E-state index contributed by atoms with van der Waals surface area (Å²) in [6.07, 6.45) is 1.24. The van der Waals surface area contributed by atoms with E-state index in [0.29, 0.717) is 0 Å². The first-order chi connectivity index (χ1) is 8.90. The number of hydrogen-bond donors (Lipinski definition) is 0. The normalized spacial score (nSPS) is 21.8. The molecule has 0 N–H and O–H groups in total. The third-order valence-corrected chi connectivity index (χ3v) is 3.68. The molecule has 0 saturated carbocycles. The smallest absolute Gasteiger partial charge is 0.0898 e. The summed E-state index contributed by atoms with van der Waals surface area (Å²) in [5.74, 6) is 0. The lowest BCUT2D eigenvalue weighted by molar-refractivity contribution is -0.0297. The zero-order chi connectivity index (χ0) is 14.0. The lowest BCUT2D eigenvalue weighted by Gasteiger charge is -2.31. The van der Waals surface area contributed by atoms with Crippen molar-refractivity contribution in [2.75, 3.05) is 26.7 Å². The second kappa shape index (κ2) is 5.63. The van der Waals surface area contributed by atoms with Crippen LogP contribution in [0.25, 0.3) is 0 Å². The van der Waals surface area contributed by atoms with Crippen molar-refractivity contribution >= 4 is 0 Å². The summed E-state index contributed by atoms with van der Waals surface area (Å²) in [6.45, 7) is 12.6. The van der Waals surface area contributed by atoms with Crippen molar-refractivity contribution in [1.82, 2.24) is 14.7 Å². The molecule has 1 atom stereocenters. The standard InChI is InChI=1S/C15H27N3O/c1-6-12-9-14(15(2,3)4)18(16-12)11-13-10-17(5)7-8-19-13/h9,13H,6-8,10-11H2,1-5H3. The van der Waals surface area contributed by atoms with Crippen LogP contribution >= 0.6 is 0 Å². The quantitative estimate of drug-likeness (QED) is 0.838. The third kappa shape index (κ3) is 3.57. The molecule has 0 spiro atoms. The molecule has 2 heterocycles. The Morgan fingerprint density at radius 1 is 1.42 bits per heavy atom. The van der Waals surface area contributed by atoms with Crippen LogP contribution in [0, 0.1) is 0 Å². The van der Waals surface area contributed by atoms with Gasteiger partial charge in [0.25, 0.3) is 0 Å². The average Bonchev–Trinajstić information content (AvgIpc) is 2.72. The van der Waals surface area contributed by atoms with Gasteiger partial charge in [-0.1, -0.05) is 27.7 Å². The fourth-order valence-corrected chi connectivity index (χ4v) is 2.56. The molecule has 1 unspecified atom stereocenters. The number of morpholine rings is 1. The maximum absolute atomic E-state index is 5.86. The lowest BCUT2D eigenvalue weighted by atomic mass is 9.91. The number of nitrogens with zero attached hydrogens (tertiary/aromatic N) is 3. The molecule has 1 saturated heterocycles. The molecule has 1 aromatic heterocycles. The van der Waals surface area contributed by atoms with Gasteiger partial charge in [0.2, 0.25) is 0 Å². The zero-order valence-electron chi connectivity index (χ0n) is 12.9. The molecule has 0 aromatic carbocycles. The summed E-state index contributed by atoms with van der Waals surface area (Å²) in [4.78, 5) is 2.33. The first-order valence-electron chi connectivity index (χ1n) is 7.27. The maximum Gasteiger partial charge on any atom is 0.0898 e. The van der Waals surface area contributed by atoms with E-state index in [-0.39, 0.29) is 11.5 Å². The van der Waals surface area contributed by atoms with Crippen molar-refractivity contribution in [2.45, 2.75) is 52.2 Å². The molecule has 0 amide bonds. The average molecular weight is 265 g/mol. The molecule has 2 rings (SSSR count). The minimum absolute atomic E-state index is 0.126. The fourth-order valence-electron chi connectivity index (χ4n) is 2.56. The summed E-state index contributed by atoms with van der Waals surface area (Å²) in [7, 11) is 2.15. The minimum atomic E-state index is 0.126. The van der Waals surface area contributed by atoms with Gasteiger partial charge in [-0.25, -0.2) is 0 Å². The van der Waals surface area contributed by atoms with Crippen molar-refractivity contribution in [2.24, 2.45) is 0 Å². The van der Waals surface area contributed by atoms with Crippen LogP contribution in [0.5, 0.6) is 0 Å². The number of hydrogen-bond acceptors (Lipinski definition) is 3. The van der Waals surface area contributed by atoms with E-state index in [9.17, 15) is 0 Å². The molecule has 108 valence electrons. The van der Waals surface area contributed by atoms with E-state index in [1.165, 1.54) is 11.4 Å². The number of likely N-dealkylation sites (N-methyl/N-ethyl adjacent to an activating group) is 1. The Labute approximate surface area is 116 Å². The Hall–Kier alpha value is -0.870. The van der Waals surface area contributed by atoms with Crippen molar-refractivity contribution in [3.63, 3.8) is 0 Å². The van der Waals surface area contributed by atoms with Gasteiger partial charge in [-0.3, -0.25) is 4.68 Å². The van der Waals surface area contributed by atoms with Gasteiger partial charge in [-0.05, 0) is 19.5 Å². The molecular formula is C15H27N3O. The van der Waals surface area contributed by atoms with Gasteiger partial charge in [-0.2, -0.15) is 5.10 Å². The third-order valence-electron chi connectivity index (χ3n) is 3.68. The Balaban J connectivity index is 2.16. The van der Waals surface area contributed by atoms with Gasteiger partial charge in [-0.15, -0.1) is 0 Å². The highest BCUT2D eigenvalue weighted by molar-refractivity contribution is 5.18. The summed E-state index contributed by atoms with van der Waals surface area (Å²) < 4.78 is 8.02. The first kappa shape index (κ1) is 14.5. The largest absolute Gasteiger partial charge is 0.374 e. The van der Waals surface area contributed by atoms with Crippen LogP contribution in [0.1, 0.15) is 39.1 Å². The maximum atomic E-state index is 5.86. The molecule has 1 aromatic rings. The van der Waals surface area contributed by atoms with Crippen molar-refractivity contribution in [1.29, 1.82) is 0 Å². The van der Waals surface area contributed by atoms with Crippen LogP contribution in [-0.2, 0) is 23.1 Å². The highest BCUT2D eigenvalue weighted by Gasteiger charge is 2.24. The van der Waals surface area contributed by atoms with Crippen molar-refractivity contribution < 1.29 is 4.74 Å². The highest BCUT2D eigenvalue weighted by atomic mass is 16.5. The van der Waals surface area contributed by atoms with Gasteiger partial charge in [0.05, 0.1) is 24.9 Å². The van der Waals surface area contributed by atoms with Crippen molar-refractivity contribution in [3.8, 4) is 0 Å². The fraction of sp³-hybridized carbons (Fsp3) is 0.800. The molecule has 0 aliphatic carbocycles. The molecule has 0 bridgehead atoms. The Morgan fingerprint density at radius 2 is 2.16 bits per heavy atom. The van der Waals surface area contributed by atoms with Crippen LogP contribution in [0.15, 0.2) is 6.07 Å². The number of aryl methyl sites for hydroxylation is 1. The second-order valence-corrected chi connectivity index (χ2v) is 6.56. The molecule has 1 fully saturated rings. The van der Waals surface area contributed by atoms with E-state index in [4.69, 9.17) is 9.84 Å². The van der Waals surface area contributed by atoms with E-state index >= 15 is 0 Å². The predicted octanol–water partition coefficient (Wildman–Crippen LogP) is 2.07. The van der Waals surface area contributed by atoms with Crippen LogP contribution in [0.4, 0.5) is 0 Å². The highest BCUT2D eigenvalue weighted by Crippen LogP contribution is 2.24. The van der Waals surface area contributed by atoms with Gasteiger partial charge in [0.1, 0.15) is 0 Å². The van der Waals surface area contributed by atoms with Crippen LogP contribution < -0.4 is 0 Å². The van der Waals surface area contributed by atoms with Gasteiger partial charge >= 0.3 is 0 Å². The van der Waals surface area contributed by atoms with Crippen LogP contribution in [0.3, 0.4) is 0 Å². The predicted molar refractivity (Wildman–Crippen MR) is 77.5 cm³/mol.